The average molecular weight is 290 g/mol. The lowest BCUT2D eigenvalue weighted by molar-refractivity contribution is 0.0945. The molecule has 0 spiro atoms. The zero-order valence-electron chi connectivity index (χ0n) is 11.9. The number of amides is 1. The molecular formula is C15H18N2O2S. The Labute approximate surface area is 122 Å². The number of aromatic nitrogens is 1. The Morgan fingerprint density at radius 1 is 1.40 bits per heavy atom. The smallest absolute Gasteiger partial charge is 0.268 e. The molecule has 0 aliphatic carbocycles. The van der Waals surface area contributed by atoms with Gasteiger partial charge in [0, 0.05) is 16.1 Å². The number of aryl methyl sites for hydroxylation is 1. The van der Waals surface area contributed by atoms with Crippen molar-refractivity contribution in [2.75, 3.05) is 0 Å². The molecule has 20 heavy (non-hydrogen) atoms. The summed E-state index contributed by atoms with van der Waals surface area (Å²) in [5, 5.41) is 4.86. The van der Waals surface area contributed by atoms with Crippen LogP contribution in [0, 0.1) is 6.92 Å². The van der Waals surface area contributed by atoms with Gasteiger partial charge >= 0.3 is 0 Å². The van der Waals surface area contributed by atoms with Gasteiger partial charge in [0.1, 0.15) is 5.69 Å². The molecule has 106 valence electrons. The van der Waals surface area contributed by atoms with Crippen LogP contribution in [0.4, 0.5) is 0 Å². The van der Waals surface area contributed by atoms with Gasteiger partial charge in [-0.2, -0.15) is 0 Å². The third-order valence-corrected chi connectivity index (χ3v) is 4.10. The van der Waals surface area contributed by atoms with Crippen LogP contribution < -0.4 is 5.32 Å². The molecule has 0 bridgehead atoms. The van der Waals surface area contributed by atoms with E-state index in [-0.39, 0.29) is 11.7 Å². The summed E-state index contributed by atoms with van der Waals surface area (Å²) < 4.78 is 0. The van der Waals surface area contributed by atoms with Gasteiger partial charge in [0.15, 0.2) is 5.78 Å². The number of nitrogens with one attached hydrogen (secondary N) is 2. The first-order chi connectivity index (χ1) is 9.54. The minimum absolute atomic E-state index is 0.00657. The van der Waals surface area contributed by atoms with Crippen molar-refractivity contribution in [3.8, 4) is 0 Å². The zero-order chi connectivity index (χ0) is 14.7. The van der Waals surface area contributed by atoms with Gasteiger partial charge in [0.25, 0.3) is 5.91 Å². The molecule has 0 fully saturated rings. The molecule has 0 saturated heterocycles. The second-order valence-corrected chi connectivity index (χ2v) is 5.68. The summed E-state index contributed by atoms with van der Waals surface area (Å²) in [5.74, 6) is -0.168. The number of H-pyrrole nitrogens is 1. The van der Waals surface area contributed by atoms with Gasteiger partial charge in [0.2, 0.25) is 0 Å². The normalized spacial score (nSPS) is 10.6. The van der Waals surface area contributed by atoms with Crippen LogP contribution in [0.2, 0.25) is 0 Å². The van der Waals surface area contributed by atoms with E-state index in [0.717, 1.165) is 16.1 Å². The van der Waals surface area contributed by atoms with Crippen LogP contribution >= 0.6 is 11.3 Å². The van der Waals surface area contributed by atoms with Crippen molar-refractivity contribution in [1.82, 2.24) is 10.3 Å². The zero-order valence-corrected chi connectivity index (χ0v) is 12.7. The van der Waals surface area contributed by atoms with E-state index < -0.39 is 0 Å². The molecule has 0 saturated carbocycles. The largest absolute Gasteiger partial charge is 0.354 e. The summed E-state index contributed by atoms with van der Waals surface area (Å²) in [7, 11) is 0. The summed E-state index contributed by atoms with van der Waals surface area (Å²) in [6.07, 6.45) is 0.654. The summed E-state index contributed by atoms with van der Waals surface area (Å²) >= 11 is 1.60. The van der Waals surface area contributed by atoms with Crippen LogP contribution in [-0.2, 0) is 13.0 Å². The fraction of sp³-hybridized carbons (Fsp3) is 0.333. The van der Waals surface area contributed by atoms with Crippen molar-refractivity contribution in [3.05, 3.63) is 44.9 Å². The molecule has 1 amide bonds. The van der Waals surface area contributed by atoms with Gasteiger partial charge in [-0.15, -0.1) is 11.3 Å². The van der Waals surface area contributed by atoms with Crippen molar-refractivity contribution in [2.24, 2.45) is 0 Å². The SMILES string of the molecule is CCc1c(C(=O)NCc2cccs2)[nH]c(C)c1C(C)=O. The maximum absolute atomic E-state index is 12.3. The average Bonchev–Trinajstić information content (AvgIpc) is 3.02. The number of Topliss-reactive ketones (excluding diaryl/α,β-unsaturated/α-hetero) is 1. The van der Waals surface area contributed by atoms with Crippen molar-refractivity contribution < 1.29 is 9.59 Å². The van der Waals surface area contributed by atoms with Gasteiger partial charge in [-0.25, -0.2) is 0 Å². The number of carbonyl (C=O) groups excluding carboxylic acids is 2. The molecule has 0 radical (unpaired) electrons. The third-order valence-electron chi connectivity index (χ3n) is 3.23. The summed E-state index contributed by atoms with van der Waals surface area (Å²) in [4.78, 5) is 28.1. The second kappa shape index (κ2) is 6.05. The van der Waals surface area contributed by atoms with Crippen molar-refractivity contribution in [3.63, 3.8) is 0 Å². The number of aromatic amines is 1. The molecule has 0 aromatic carbocycles. The number of hydrogen-bond donors (Lipinski definition) is 2. The van der Waals surface area contributed by atoms with E-state index in [2.05, 4.69) is 10.3 Å². The van der Waals surface area contributed by atoms with E-state index in [1.165, 1.54) is 6.92 Å². The maximum atomic E-state index is 12.3. The summed E-state index contributed by atoms with van der Waals surface area (Å²) in [5.41, 5.74) is 2.72. The highest BCUT2D eigenvalue weighted by atomic mass is 32.1. The van der Waals surface area contributed by atoms with Gasteiger partial charge in [-0.05, 0) is 37.3 Å². The monoisotopic (exact) mass is 290 g/mol. The molecule has 0 unspecified atom stereocenters. The number of ketones is 1. The van der Waals surface area contributed by atoms with E-state index in [1.54, 1.807) is 11.3 Å². The second-order valence-electron chi connectivity index (χ2n) is 4.65. The van der Waals surface area contributed by atoms with E-state index in [4.69, 9.17) is 0 Å². The number of carbonyl (C=O) groups is 2. The molecule has 0 aliphatic rings. The molecule has 2 aromatic heterocycles. The first-order valence-electron chi connectivity index (χ1n) is 6.57. The Morgan fingerprint density at radius 3 is 2.70 bits per heavy atom. The van der Waals surface area contributed by atoms with Crippen molar-refractivity contribution >= 4 is 23.0 Å². The highest BCUT2D eigenvalue weighted by Gasteiger charge is 2.21. The third kappa shape index (κ3) is 2.82. The predicted molar refractivity (Wildman–Crippen MR) is 80.4 cm³/mol. The van der Waals surface area contributed by atoms with Crippen LogP contribution in [0.15, 0.2) is 17.5 Å². The van der Waals surface area contributed by atoms with Crippen molar-refractivity contribution in [1.29, 1.82) is 0 Å². The standard InChI is InChI=1S/C15H18N2O2S/c1-4-12-13(10(3)18)9(2)17-14(12)15(19)16-8-11-6-5-7-20-11/h5-7,17H,4,8H2,1-3H3,(H,16,19). The van der Waals surface area contributed by atoms with E-state index in [1.807, 2.05) is 31.4 Å². The van der Waals surface area contributed by atoms with Crippen LogP contribution in [-0.4, -0.2) is 16.7 Å². The molecular weight excluding hydrogens is 272 g/mol. The van der Waals surface area contributed by atoms with Crippen LogP contribution in [0.25, 0.3) is 0 Å². The van der Waals surface area contributed by atoms with Gasteiger partial charge < -0.3 is 10.3 Å². The topological polar surface area (TPSA) is 62.0 Å². The molecule has 2 N–H and O–H groups in total. The molecule has 2 heterocycles. The minimum Gasteiger partial charge on any atom is -0.354 e. The molecule has 2 rings (SSSR count). The Bertz CT molecular complexity index is 627. The summed E-state index contributed by atoms with van der Waals surface area (Å²) in [6, 6.07) is 3.93. The van der Waals surface area contributed by atoms with Crippen LogP contribution in [0.3, 0.4) is 0 Å². The number of hydrogen-bond acceptors (Lipinski definition) is 3. The highest BCUT2D eigenvalue weighted by Crippen LogP contribution is 2.20. The Balaban J connectivity index is 2.21. The van der Waals surface area contributed by atoms with E-state index in [0.29, 0.717) is 24.2 Å². The van der Waals surface area contributed by atoms with E-state index in [9.17, 15) is 9.59 Å². The Hall–Kier alpha value is -1.88. The first kappa shape index (κ1) is 14.5. The Morgan fingerprint density at radius 2 is 2.15 bits per heavy atom. The fourth-order valence-corrected chi connectivity index (χ4v) is 3.01. The van der Waals surface area contributed by atoms with Gasteiger partial charge in [-0.3, -0.25) is 9.59 Å². The molecule has 0 aliphatic heterocycles. The molecule has 0 atom stereocenters. The molecule has 5 heteroatoms. The van der Waals surface area contributed by atoms with E-state index >= 15 is 0 Å². The number of thiophene rings is 1. The highest BCUT2D eigenvalue weighted by molar-refractivity contribution is 7.09. The maximum Gasteiger partial charge on any atom is 0.268 e. The Kier molecular flexibility index (Phi) is 4.39. The lowest BCUT2D eigenvalue weighted by Gasteiger charge is -2.05. The van der Waals surface area contributed by atoms with Crippen LogP contribution in [0.5, 0.6) is 0 Å². The van der Waals surface area contributed by atoms with Crippen LogP contribution in [0.1, 0.15) is 50.8 Å². The lowest BCUT2D eigenvalue weighted by atomic mass is 10.0. The number of rotatable bonds is 5. The van der Waals surface area contributed by atoms with Gasteiger partial charge in [0.05, 0.1) is 6.54 Å². The fourth-order valence-electron chi connectivity index (χ4n) is 2.37. The lowest BCUT2D eigenvalue weighted by Crippen LogP contribution is -2.24. The quantitative estimate of drug-likeness (QED) is 0.831. The van der Waals surface area contributed by atoms with Gasteiger partial charge in [-0.1, -0.05) is 13.0 Å². The summed E-state index contributed by atoms with van der Waals surface area (Å²) in [6.45, 7) is 5.81. The molecule has 2 aromatic rings. The minimum atomic E-state index is -0.161. The van der Waals surface area contributed by atoms with Crippen molar-refractivity contribution in [2.45, 2.75) is 33.7 Å². The molecule has 4 nitrogen and oxygen atoms in total. The first-order valence-corrected chi connectivity index (χ1v) is 7.45. The predicted octanol–water partition coefficient (Wildman–Crippen LogP) is 3.08.